The molecule has 0 aliphatic heterocycles. The standard InChI is InChI=1S/C4H10.C2H5Br/c1-3-4-2;1-2-3/h3-4H2,1-2H3;2H2,1H3. The topological polar surface area (TPSA) is 0 Å². The molecule has 0 N–H and O–H groups in total. The van der Waals surface area contributed by atoms with E-state index in [-0.39, 0.29) is 0 Å². The molecule has 0 saturated carbocycles. The van der Waals surface area contributed by atoms with E-state index in [0.717, 1.165) is 5.33 Å². The van der Waals surface area contributed by atoms with Crippen molar-refractivity contribution in [3.63, 3.8) is 0 Å². The molecule has 46 valence electrons. The summed E-state index contributed by atoms with van der Waals surface area (Å²) in [5, 5.41) is 1.06. The molecule has 0 unspecified atom stereocenters. The van der Waals surface area contributed by atoms with Gasteiger partial charge in [0.2, 0.25) is 0 Å². The van der Waals surface area contributed by atoms with Crippen LogP contribution in [0.1, 0.15) is 33.6 Å². The fourth-order valence-electron chi connectivity index (χ4n) is 0. The Bertz CT molecular complexity index is 11.7. The van der Waals surface area contributed by atoms with E-state index in [0.29, 0.717) is 0 Å². The molecule has 0 heterocycles. The van der Waals surface area contributed by atoms with E-state index in [2.05, 4.69) is 29.8 Å². The van der Waals surface area contributed by atoms with Crippen LogP contribution >= 0.6 is 15.9 Å². The Labute approximate surface area is 55.4 Å². The average molecular weight is 167 g/mol. The van der Waals surface area contributed by atoms with Gasteiger partial charge in [0.15, 0.2) is 0 Å². The third-order valence-electron chi connectivity index (χ3n) is 0.500. The van der Waals surface area contributed by atoms with Gasteiger partial charge in [-0.2, -0.15) is 0 Å². The third-order valence-corrected chi connectivity index (χ3v) is 0.500. The van der Waals surface area contributed by atoms with Crippen LogP contribution in [-0.2, 0) is 0 Å². The molecule has 0 aliphatic carbocycles. The van der Waals surface area contributed by atoms with E-state index in [4.69, 9.17) is 0 Å². The zero-order valence-electron chi connectivity index (χ0n) is 5.50. The Balaban J connectivity index is 0. The quantitative estimate of drug-likeness (QED) is 0.526. The zero-order valence-corrected chi connectivity index (χ0v) is 7.09. The first-order valence-electron chi connectivity index (χ1n) is 2.89. The maximum Gasteiger partial charge on any atom is 0.000281 e. The number of hydrogen-bond acceptors (Lipinski definition) is 0. The smallest absolute Gasteiger partial charge is 0.000281 e. The van der Waals surface area contributed by atoms with E-state index in [1.165, 1.54) is 12.8 Å². The minimum atomic E-state index is 1.06. The molecule has 0 aromatic carbocycles. The average Bonchev–Trinajstić information content (AvgIpc) is 1.69. The molecule has 7 heavy (non-hydrogen) atoms. The molecule has 0 radical (unpaired) electrons. The highest BCUT2D eigenvalue weighted by Gasteiger charge is 1.56. The van der Waals surface area contributed by atoms with Crippen LogP contribution in [0.25, 0.3) is 0 Å². The highest BCUT2D eigenvalue weighted by molar-refractivity contribution is 9.09. The molecule has 0 atom stereocenters. The highest BCUT2D eigenvalue weighted by Crippen LogP contribution is 1.76. The second-order valence-electron chi connectivity index (χ2n) is 1.27. The Morgan fingerprint density at radius 3 is 1.14 bits per heavy atom. The second kappa shape index (κ2) is 16.1. The van der Waals surface area contributed by atoms with Crippen LogP contribution in [-0.4, -0.2) is 5.33 Å². The molecule has 0 amide bonds. The van der Waals surface area contributed by atoms with E-state index < -0.39 is 0 Å². The van der Waals surface area contributed by atoms with E-state index in [1.807, 2.05) is 6.92 Å². The van der Waals surface area contributed by atoms with Gasteiger partial charge in [-0.15, -0.1) is 0 Å². The number of hydrogen-bond donors (Lipinski definition) is 0. The van der Waals surface area contributed by atoms with Gasteiger partial charge in [0, 0.05) is 5.33 Å². The molecule has 0 rings (SSSR count). The van der Waals surface area contributed by atoms with Crippen LogP contribution in [0.4, 0.5) is 0 Å². The molecular formula is C6H15Br. The lowest BCUT2D eigenvalue weighted by atomic mass is 10.4. The van der Waals surface area contributed by atoms with Crippen molar-refractivity contribution in [3.8, 4) is 0 Å². The Hall–Kier alpha value is 0.480. The largest absolute Gasteiger partial charge is 0.0931 e. The molecule has 0 aliphatic rings. The summed E-state index contributed by atoms with van der Waals surface area (Å²) in [5.74, 6) is 0. The van der Waals surface area contributed by atoms with Gasteiger partial charge in [-0.1, -0.05) is 49.5 Å². The fraction of sp³-hybridized carbons (Fsp3) is 1.00. The van der Waals surface area contributed by atoms with E-state index >= 15 is 0 Å². The van der Waals surface area contributed by atoms with Crippen LogP contribution in [0.3, 0.4) is 0 Å². The van der Waals surface area contributed by atoms with Crippen molar-refractivity contribution in [2.24, 2.45) is 0 Å². The fourth-order valence-corrected chi connectivity index (χ4v) is 0. The first-order chi connectivity index (χ1) is 3.33. The number of alkyl halides is 1. The SMILES string of the molecule is CCBr.CCCC. The zero-order chi connectivity index (χ0) is 6.12. The number of rotatable bonds is 1. The summed E-state index contributed by atoms with van der Waals surface area (Å²) in [6.45, 7) is 6.40. The maximum atomic E-state index is 3.15. The molecule has 0 fully saturated rings. The van der Waals surface area contributed by atoms with Gasteiger partial charge in [-0.25, -0.2) is 0 Å². The van der Waals surface area contributed by atoms with E-state index in [1.54, 1.807) is 0 Å². The van der Waals surface area contributed by atoms with E-state index in [9.17, 15) is 0 Å². The van der Waals surface area contributed by atoms with Crippen LogP contribution in [0.2, 0.25) is 0 Å². The Morgan fingerprint density at radius 1 is 1.00 bits per heavy atom. The van der Waals surface area contributed by atoms with Crippen molar-refractivity contribution >= 4 is 15.9 Å². The molecule has 0 nitrogen and oxygen atoms in total. The molecule has 0 bridgehead atoms. The van der Waals surface area contributed by atoms with Crippen LogP contribution < -0.4 is 0 Å². The van der Waals surface area contributed by atoms with Gasteiger partial charge in [-0.05, 0) is 0 Å². The molecule has 0 aromatic heterocycles. The third kappa shape index (κ3) is 59.4. The van der Waals surface area contributed by atoms with Gasteiger partial charge in [0.05, 0.1) is 0 Å². The Morgan fingerprint density at radius 2 is 1.14 bits per heavy atom. The van der Waals surface area contributed by atoms with Gasteiger partial charge < -0.3 is 0 Å². The summed E-state index contributed by atoms with van der Waals surface area (Å²) in [6, 6.07) is 0. The van der Waals surface area contributed by atoms with Crippen LogP contribution in [0.5, 0.6) is 0 Å². The normalized spacial score (nSPS) is 6.86. The lowest BCUT2D eigenvalue weighted by Gasteiger charge is -1.68. The lowest BCUT2D eigenvalue weighted by molar-refractivity contribution is 0.886. The summed E-state index contributed by atoms with van der Waals surface area (Å²) in [7, 11) is 0. The summed E-state index contributed by atoms with van der Waals surface area (Å²) in [4.78, 5) is 0. The maximum absolute atomic E-state index is 3.15. The number of unbranched alkanes of at least 4 members (excludes halogenated alkanes) is 1. The van der Waals surface area contributed by atoms with Crippen molar-refractivity contribution in [1.82, 2.24) is 0 Å². The minimum Gasteiger partial charge on any atom is -0.0931 e. The lowest BCUT2D eigenvalue weighted by Crippen LogP contribution is -1.47. The summed E-state index contributed by atoms with van der Waals surface area (Å²) in [5.41, 5.74) is 0. The first kappa shape index (κ1) is 10.5. The second-order valence-corrected chi connectivity index (χ2v) is 2.39. The van der Waals surface area contributed by atoms with Crippen molar-refractivity contribution in [2.75, 3.05) is 5.33 Å². The van der Waals surface area contributed by atoms with Crippen molar-refractivity contribution in [2.45, 2.75) is 33.6 Å². The summed E-state index contributed by atoms with van der Waals surface area (Å²) >= 11 is 3.15. The van der Waals surface area contributed by atoms with Crippen molar-refractivity contribution in [3.05, 3.63) is 0 Å². The molecule has 0 aromatic rings. The van der Waals surface area contributed by atoms with Crippen molar-refractivity contribution < 1.29 is 0 Å². The first-order valence-corrected chi connectivity index (χ1v) is 4.01. The predicted octanol–water partition coefficient (Wildman–Crippen LogP) is 3.21. The van der Waals surface area contributed by atoms with Gasteiger partial charge in [-0.3, -0.25) is 0 Å². The summed E-state index contributed by atoms with van der Waals surface area (Å²) in [6.07, 6.45) is 2.64. The highest BCUT2D eigenvalue weighted by atomic mass is 79.9. The molecule has 1 heteroatoms. The molecule has 0 saturated heterocycles. The Kier molecular flexibility index (Phi) is 24.0. The van der Waals surface area contributed by atoms with Gasteiger partial charge >= 0.3 is 0 Å². The van der Waals surface area contributed by atoms with Crippen molar-refractivity contribution in [1.29, 1.82) is 0 Å². The molecular weight excluding hydrogens is 152 g/mol. The van der Waals surface area contributed by atoms with Crippen LogP contribution in [0.15, 0.2) is 0 Å². The van der Waals surface area contributed by atoms with Crippen LogP contribution in [0, 0.1) is 0 Å². The predicted molar refractivity (Wildman–Crippen MR) is 40.1 cm³/mol. The molecule has 0 spiro atoms. The number of halogens is 1. The minimum absolute atomic E-state index is 1.06. The van der Waals surface area contributed by atoms with Gasteiger partial charge in [0.25, 0.3) is 0 Å². The summed E-state index contributed by atoms with van der Waals surface area (Å²) < 4.78 is 0. The van der Waals surface area contributed by atoms with Gasteiger partial charge in [0.1, 0.15) is 0 Å². The monoisotopic (exact) mass is 166 g/mol.